The van der Waals surface area contributed by atoms with E-state index in [9.17, 15) is 4.79 Å². The number of hydrogen-bond acceptors (Lipinski definition) is 6. The molecular weight excluding hydrogens is 222 g/mol. The van der Waals surface area contributed by atoms with Gasteiger partial charge < -0.3 is 9.74 Å². The summed E-state index contributed by atoms with van der Waals surface area (Å²) in [6.45, 7) is 2.89. The van der Waals surface area contributed by atoms with Gasteiger partial charge in [-0.05, 0) is 24.9 Å². The molecule has 96 valence electrons. The Hall–Kier alpha value is -1.37. The van der Waals surface area contributed by atoms with Crippen LogP contribution in [0.25, 0.3) is 0 Å². The SMILES string of the molecule is CCN(C(=O)ON1CN=NN1)C1CCCCC1. The molecule has 1 amide bonds. The molecule has 1 saturated carbocycles. The molecule has 1 heterocycles. The van der Waals surface area contributed by atoms with Crippen molar-refractivity contribution in [3.8, 4) is 0 Å². The van der Waals surface area contributed by atoms with E-state index in [0.29, 0.717) is 12.6 Å². The molecule has 0 aromatic heterocycles. The van der Waals surface area contributed by atoms with Crippen LogP contribution in [0.15, 0.2) is 10.3 Å². The van der Waals surface area contributed by atoms with E-state index in [2.05, 4.69) is 15.9 Å². The van der Waals surface area contributed by atoms with Crippen molar-refractivity contribution in [3.05, 3.63) is 0 Å². The third-order valence-corrected chi connectivity index (χ3v) is 3.20. The highest BCUT2D eigenvalue weighted by molar-refractivity contribution is 5.67. The Balaban J connectivity index is 1.85. The van der Waals surface area contributed by atoms with Crippen LogP contribution in [-0.2, 0) is 4.84 Å². The van der Waals surface area contributed by atoms with Gasteiger partial charge in [0.1, 0.15) is 0 Å². The minimum Gasteiger partial charge on any atom is -0.327 e. The fourth-order valence-electron chi connectivity index (χ4n) is 2.33. The molecule has 7 nitrogen and oxygen atoms in total. The molecule has 0 atom stereocenters. The second-order valence-corrected chi connectivity index (χ2v) is 4.30. The monoisotopic (exact) mass is 241 g/mol. The topological polar surface area (TPSA) is 69.5 Å². The minimum atomic E-state index is -0.320. The number of nitrogens with one attached hydrogen (secondary N) is 1. The zero-order valence-electron chi connectivity index (χ0n) is 10.1. The van der Waals surface area contributed by atoms with Crippen LogP contribution >= 0.6 is 0 Å². The van der Waals surface area contributed by atoms with Gasteiger partial charge in [0.05, 0.1) is 0 Å². The highest BCUT2D eigenvalue weighted by atomic mass is 16.8. The first-order valence-electron chi connectivity index (χ1n) is 6.19. The first-order valence-corrected chi connectivity index (χ1v) is 6.19. The largest absolute Gasteiger partial charge is 0.430 e. The summed E-state index contributed by atoms with van der Waals surface area (Å²) in [5.41, 5.74) is 2.49. The van der Waals surface area contributed by atoms with Crippen LogP contribution in [0, 0.1) is 0 Å². The van der Waals surface area contributed by atoms with E-state index >= 15 is 0 Å². The Bertz CT molecular complexity index is 282. The number of hydroxylamine groups is 1. The molecule has 0 radical (unpaired) electrons. The summed E-state index contributed by atoms with van der Waals surface area (Å²) in [5, 5.41) is 8.41. The van der Waals surface area contributed by atoms with E-state index in [-0.39, 0.29) is 12.8 Å². The molecule has 0 aromatic rings. The third-order valence-electron chi connectivity index (χ3n) is 3.20. The molecule has 2 aliphatic rings. The summed E-state index contributed by atoms with van der Waals surface area (Å²) >= 11 is 0. The fourth-order valence-corrected chi connectivity index (χ4v) is 2.33. The van der Waals surface area contributed by atoms with E-state index in [4.69, 9.17) is 4.84 Å². The highest BCUT2D eigenvalue weighted by Gasteiger charge is 2.27. The number of carbonyl (C=O) groups excluding carboxylic acids is 1. The lowest BCUT2D eigenvalue weighted by molar-refractivity contribution is -0.138. The summed E-state index contributed by atoms with van der Waals surface area (Å²) in [6, 6.07) is 0.317. The molecule has 0 unspecified atom stereocenters. The fraction of sp³-hybridized carbons (Fsp3) is 0.900. The average molecular weight is 241 g/mol. The number of hydrazine groups is 1. The van der Waals surface area contributed by atoms with Gasteiger partial charge in [-0.2, -0.15) is 5.53 Å². The summed E-state index contributed by atoms with van der Waals surface area (Å²) in [5.74, 6) is 0. The molecular formula is C10H19N5O2. The molecule has 0 saturated heterocycles. The van der Waals surface area contributed by atoms with E-state index < -0.39 is 0 Å². The predicted molar refractivity (Wildman–Crippen MR) is 60.4 cm³/mol. The molecule has 2 rings (SSSR count). The lowest BCUT2D eigenvalue weighted by atomic mass is 9.94. The summed E-state index contributed by atoms with van der Waals surface area (Å²) in [7, 11) is 0. The van der Waals surface area contributed by atoms with Crippen molar-refractivity contribution in [3.63, 3.8) is 0 Å². The number of carbonyl (C=O) groups is 1. The smallest absolute Gasteiger partial charge is 0.327 e. The number of rotatable bonds is 3. The van der Waals surface area contributed by atoms with Crippen LogP contribution in [0.3, 0.4) is 0 Å². The summed E-state index contributed by atoms with van der Waals surface area (Å²) in [6.07, 6.45) is 5.49. The van der Waals surface area contributed by atoms with Crippen molar-refractivity contribution in [2.45, 2.75) is 45.1 Å². The van der Waals surface area contributed by atoms with Gasteiger partial charge in [0.15, 0.2) is 6.67 Å². The number of nitrogens with zero attached hydrogens (tertiary/aromatic N) is 4. The second kappa shape index (κ2) is 5.81. The first-order chi connectivity index (χ1) is 8.31. The van der Waals surface area contributed by atoms with E-state index in [0.717, 1.165) is 12.8 Å². The van der Waals surface area contributed by atoms with Crippen molar-refractivity contribution in [2.24, 2.45) is 10.3 Å². The van der Waals surface area contributed by atoms with E-state index in [1.807, 2.05) is 6.92 Å². The predicted octanol–water partition coefficient (Wildman–Crippen LogP) is 1.84. The van der Waals surface area contributed by atoms with Crippen LogP contribution < -0.4 is 5.53 Å². The van der Waals surface area contributed by atoms with E-state index in [1.54, 1.807) is 4.90 Å². The maximum Gasteiger partial charge on any atom is 0.430 e. The average Bonchev–Trinajstić information content (AvgIpc) is 2.84. The lowest BCUT2D eigenvalue weighted by Gasteiger charge is -2.33. The molecule has 1 aliphatic carbocycles. The van der Waals surface area contributed by atoms with Gasteiger partial charge >= 0.3 is 6.09 Å². The van der Waals surface area contributed by atoms with Crippen molar-refractivity contribution in [1.82, 2.24) is 15.6 Å². The zero-order valence-corrected chi connectivity index (χ0v) is 10.1. The van der Waals surface area contributed by atoms with Gasteiger partial charge in [-0.3, -0.25) is 0 Å². The number of hydrogen-bond donors (Lipinski definition) is 1. The molecule has 7 heteroatoms. The van der Waals surface area contributed by atoms with Crippen molar-refractivity contribution in [2.75, 3.05) is 13.2 Å². The van der Waals surface area contributed by atoms with Crippen LogP contribution in [0.2, 0.25) is 0 Å². The maximum atomic E-state index is 12.0. The first kappa shape index (κ1) is 12.1. The zero-order chi connectivity index (χ0) is 12.1. The molecule has 1 aliphatic heterocycles. The Morgan fingerprint density at radius 1 is 1.47 bits per heavy atom. The third kappa shape index (κ3) is 3.06. The van der Waals surface area contributed by atoms with Gasteiger partial charge in [-0.25, -0.2) is 4.79 Å². The Morgan fingerprint density at radius 3 is 2.82 bits per heavy atom. The van der Waals surface area contributed by atoms with Gasteiger partial charge in [-0.1, -0.05) is 24.5 Å². The quantitative estimate of drug-likeness (QED) is 0.818. The molecule has 17 heavy (non-hydrogen) atoms. The normalized spacial score (nSPS) is 21.2. The van der Waals surface area contributed by atoms with Crippen LogP contribution in [0.5, 0.6) is 0 Å². The minimum absolute atomic E-state index is 0.244. The van der Waals surface area contributed by atoms with Gasteiger partial charge in [0, 0.05) is 12.6 Å². The molecule has 0 spiro atoms. The van der Waals surface area contributed by atoms with Gasteiger partial charge in [0.2, 0.25) is 0 Å². The lowest BCUT2D eigenvalue weighted by Crippen LogP contribution is -2.45. The molecule has 1 N–H and O–H groups in total. The van der Waals surface area contributed by atoms with Crippen molar-refractivity contribution in [1.29, 1.82) is 0 Å². The second-order valence-electron chi connectivity index (χ2n) is 4.30. The van der Waals surface area contributed by atoms with Gasteiger partial charge in [-0.15, -0.1) is 5.11 Å². The summed E-state index contributed by atoms with van der Waals surface area (Å²) < 4.78 is 0. The van der Waals surface area contributed by atoms with Crippen LogP contribution in [0.1, 0.15) is 39.0 Å². The summed E-state index contributed by atoms with van der Waals surface area (Å²) in [4.78, 5) is 18.9. The Labute approximate surface area is 101 Å². The Morgan fingerprint density at radius 2 is 2.24 bits per heavy atom. The highest BCUT2D eigenvalue weighted by Crippen LogP contribution is 2.23. The Kier molecular flexibility index (Phi) is 4.13. The maximum absolute atomic E-state index is 12.0. The molecule has 1 fully saturated rings. The van der Waals surface area contributed by atoms with Crippen molar-refractivity contribution >= 4 is 6.09 Å². The molecule has 0 aromatic carbocycles. The molecule has 0 bridgehead atoms. The van der Waals surface area contributed by atoms with E-state index in [1.165, 1.54) is 24.4 Å². The van der Waals surface area contributed by atoms with Crippen LogP contribution in [-0.4, -0.2) is 35.4 Å². The van der Waals surface area contributed by atoms with Crippen LogP contribution in [0.4, 0.5) is 4.79 Å². The van der Waals surface area contributed by atoms with Gasteiger partial charge in [0.25, 0.3) is 0 Å². The number of amides is 1. The van der Waals surface area contributed by atoms with Crippen molar-refractivity contribution < 1.29 is 9.63 Å². The standard InChI is InChI=1S/C10H19N5O2/c1-2-14(9-6-4-3-5-7-9)10(16)17-15-8-11-12-13-15/h9H,2-8H2,1H3,(H,11,13).